The first-order chi connectivity index (χ1) is 69.4. The second-order valence-corrected chi connectivity index (χ2v) is 36.7. The number of carbonyl (C=O) groups is 25. The lowest BCUT2D eigenvalue weighted by molar-refractivity contribution is -0.144. The van der Waals surface area contributed by atoms with Crippen LogP contribution in [0.4, 0.5) is 0 Å². The molecule has 0 saturated heterocycles. The van der Waals surface area contributed by atoms with Crippen molar-refractivity contribution >= 4 is 154 Å². The molecule has 60 nitrogen and oxygen atoms in total. The number of aliphatic hydroxyl groups is 4. The third-order valence-electron chi connectivity index (χ3n) is 23.4. The zero-order chi connectivity index (χ0) is 114. The van der Waals surface area contributed by atoms with Crippen LogP contribution in [0.5, 0.6) is 0 Å². The minimum atomic E-state index is -2.32. The van der Waals surface area contributed by atoms with Gasteiger partial charge in [0.05, 0.1) is 56.1 Å². The van der Waals surface area contributed by atoms with Crippen molar-refractivity contribution in [2.45, 2.75) is 358 Å². The van der Waals surface area contributed by atoms with E-state index in [9.17, 15) is 166 Å². The predicted octanol–water partition coefficient (Wildman–Crippen LogP) is -12.4. The highest BCUT2D eigenvalue weighted by atomic mass is 16.4. The quantitative estimate of drug-likeness (QED) is 0.0153. The van der Waals surface area contributed by atoms with Gasteiger partial charge in [-0.1, -0.05) is 74.7 Å². The van der Waals surface area contributed by atoms with E-state index in [0.717, 1.165) is 27.7 Å². The smallest absolute Gasteiger partial charge is 0.326 e. The van der Waals surface area contributed by atoms with Crippen LogP contribution >= 0.6 is 0 Å². The first-order valence-corrected chi connectivity index (χ1v) is 48.5. The maximum Gasteiger partial charge on any atom is 0.326 e. The van der Waals surface area contributed by atoms with Crippen molar-refractivity contribution in [3.63, 3.8) is 0 Å². The summed E-state index contributed by atoms with van der Waals surface area (Å²) in [6, 6.07) is -34.6. The van der Waals surface area contributed by atoms with Crippen LogP contribution in [0.15, 0.2) is 0 Å². The van der Waals surface area contributed by atoms with E-state index in [4.69, 9.17) is 45.5 Å². The van der Waals surface area contributed by atoms with Gasteiger partial charge in [0.2, 0.25) is 118 Å². The number of carboxylic acid groups (broad SMARTS) is 5. The minimum Gasteiger partial charge on any atom is -0.481 e. The maximum atomic E-state index is 14.5. The Labute approximate surface area is 858 Å². The maximum absolute atomic E-state index is 14.5. The number of aliphatic carboxylic acids is 5. The van der Waals surface area contributed by atoms with Gasteiger partial charge in [0.25, 0.3) is 0 Å². The third-order valence-corrected chi connectivity index (χ3v) is 23.4. The number of carbonyl (C=O) groups excluding carboxylic acids is 20. The number of nitrogens with one attached hydrogen (secondary N) is 19. The number of primary amides is 3. The van der Waals surface area contributed by atoms with Gasteiger partial charge in [-0.3, -0.25) is 120 Å². The monoisotopic (exact) mass is 2130 g/mol. The minimum absolute atomic E-state index is 0.0371. The molecule has 0 aliphatic rings. The van der Waals surface area contributed by atoms with Gasteiger partial charge in [-0.25, -0.2) is 4.79 Å². The summed E-state index contributed by atoms with van der Waals surface area (Å²) in [5, 5.41) is 141. The summed E-state index contributed by atoms with van der Waals surface area (Å²) in [7, 11) is 0. The molecule has 0 heterocycles. The van der Waals surface area contributed by atoms with E-state index in [1.807, 2.05) is 21.3 Å². The molecule has 0 bridgehead atoms. The van der Waals surface area contributed by atoms with Gasteiger partial charge in [-0.2, -0.15) is 0 Å². The Bertz CT molecular complexity index is 4590. The molecule has 0 aromatic rings. The van der Waals surface area contributed by atoms with Crippen molar-refractivity contribution in [1.29, 1.82) is 5.41 Å². The van der Waals surface area contributed by atoms with Gasteiger partial charge in [0, 0.05) is 25.8 Å². The molecular weight excluding hydrogens is 1980 g/mol. The summed E-state index contributed by atoms with van der Waals surface area (Å²) < 4.78 is 0. The Hall–Kier alpha value is -14.3. The van der Waals surface area contributed by atoms with Gasteiger partial charge in [-0.15, -0.1) is 0 Å². The molecule has 0 radical (unpaired) electrons. The number of aliphatic hydroxyl groups excluding tert-OH is 4. The Balaban J connectivity index is 7.45. The van der Waals surface area contributed by atoms with Crippen molar-refractivity contribution in [2.75, 3.05) is 19.6 Å². The number of unbranched alkanes of at least 4 members (excludes halogenated alkanes) is 2. The van der Waals surface area contributed by atoms with E-state index in [-0.39, 0.29) is 83.4 Å². The Morgan fingerprint density at radius 3 is 0.792 bits per heavy atom. The van der Waals surface area contributed by atoms with Crippen LogP contribution in [-0.2, 0) is 120 Å². The molecule has 60 heteroatoms. The molecule has 0 aliphatic heterocycles. The summed E-state index contributed by atoms with van der Waals surface area (Å²) in [4.78, 5) is 339. The largest absolute Gasteiger partial charge is 0.481 e. The molecule has 844 valence electrons. The number of hydrogen-bond donors (Lipinski definition) is 35. The van der Waals surface area contributed by atoms with Gasteiger partial charge in [0.15, 0.2) is 5.96 Å². The topological polar surface area (TPSA) is 1030 Å². The first-order valence-electron chi connectivity index (χ1n) is 48.5. The Kier molecular flexibility index (Phi) is 62.4. The normalized spacial score (nSPS) is 16.2. The Morgan fingerprint density at radius 2 is 0.503 bits per heavy atom. The van der Waals surface area contributed by atoms with Crippen LogP contribution in [0.1, 0.15) is 224 Å². The zero-order valence-corrected chi connectivity index (χ0v) is 85.5. The fourth-order valence-corrected chi connectivity index (χ4v) is 14.3. The van der Waals surface area contributed by atoms with Crippen molar-refractivity contribution in [1.82, 2.24) is 95.7 Å². The van der Waals surface area contributed by atoms with Crippen LogP contribution < -0.4 is 136 Å². The van der Waals surface area contributed by atoms with Crippen molar-refractivity contribution in [3.05, 3.63) is 0 Å². The molecule has 42 N–H and O–H groups in total. The lowest BCUT2D eigenvalue weighted by Gasteiger charge is -2.30. The van der Waals surface area contributed by atoms with Crippen LogP contribution in [0, 0.1) is 29.1 Å². The second-order valence-electron chi connectivity index (χ2n) is 36.7. The van der Waals surface area contributed by atoms with E-state index in [0.29, 0.717) is 12.8 Å². The number of rotatable bonds is 76. The second kappa shape index (κ2) is 69.0. The van der Waals surface area contributed by atoms with Gasteiger partial charge >= 0.3 is 29.8 Å². The van der Waals surface area contributed by atoms with Crippen molar-refractivity contribution < 1.29 is 166 Å². The highest BCUT2D eigenvalue weighted by Crippen LogP contribution is 2.19. The van der Waals surface area contributed by atoms with Gasteiger partial charge < -0.3 is 182 Å². The van der Waals surface area contributed by atoms with Gasteiger partial charge in [-0.05, 0) is 142 Å². The molecule has 0 unspecified atom stereocenters. The summed E-state index contributed by atoms with van der Waals surface area (Å²) in [5.74, 6) is -37.6. The molecule has 0 aromatic carbocycles. The van der Waals surface area contributed by atoms with Crippen LogP contribution in [-0.4, -0.2) is 353 Å². The first kappa shape index (κ1) is 135. The SMILES string of the molecule is CC[C@H](C)[C@H](NC(=O)[C@@H](NC(=O)[C@H](CCC(N)=O)NC(=O)[C@H](CCCCN)NC(=O)[C@@H](NC(=O)[C@H](CCCCN)NC(=O)[C@H](CC(=O)O)NC(=O)[C@H](CCC(=O)O)NC(=O)[C@H](CC(N)=O)NC(=O)[C@@H](NC(=O)[C@H](CCC(N)=O)NC(=O)[C@@H](NC(=O)[C@H](CC(=O)O)NC(=O)[C@@H](NC(=O)[C@H](CC(=O)O)NC(=O)[C@H](CC(C)C)NC(=O)[C@@H](NC(=O)[C@@H](N)CCCNC(=N)N)[C@@H](C)CC)[C@@H](C)O)[C@@H](C)CC)[C@@H](C)O)[C@@H](C)O)[C@@H](C)O)C(=O)O. The summed E-state index contributed by atoms with van der Waals surface area (Å²) in [6.45, 7) is 16.6. The van der Waals surface area contributed by atoms with E-state index in [2.05, 4.69) is 74.4 Å². The van der Waals surface area contributed by atoms with E-state index < -0.39 is 375 Å². The number of carboxylic acids is 5. The molecular formula is C89H154N26O34. The fraction of sp³-hybridized carbons (Fsp3) is 0.708. The van der Waals surface area contributed by atoms with E-state index in [1.165, 1.54) is 20.8 Å². The average Bonchev–Trinajstić information content (AvgIpc) is 0.839. The van der Waals surface area contributed by atoms with Crippen LogP contribution in [0.2, 0.25) is 0 Å². The summed E-state index contributed by atoms with van der Waals surface area (Å²) in [6.07, 6.45) is -17.2. The van der Waals surface area contributed by atoms with Gasteiger partial charge in [0.1, 0.15) is 103 Å². The molecule has 0 rings (SSSR count). The zero-order valence-electron chi connectivity index (χ0n) is 85.5. The molecule has 0 saturated carbocycles. The van der Waals surface area contributed by atoms with Crippen LogP contribution in [0.3, 0.4) is 0 Å². The molecule has 149 heavy (non-hydrogen) atoms. The lowest BCUT2D eigenvalue weighted by atomic mass is 9.96. The number of amides is 20. The van der Waals surface area contributed by atoms with E-state index >= 15 is 0 Å². The highest BCUT2D eigenvalue weighted by Gasteiger charge is 2.44. The fourth-order valence-electron chi connectivity index (χ4n) is 14.3. The third kappa shape index (κ3) is 51.8. The number of hydrogen-bond acceptors (Lipinski definition) is 33. The molecule has 0 fully saturated rings. The van der Waals surface area contributed by atoms with Crippen molar-refractivity contribution in [2.24, 2.45) is 63.8 Å². The average molecular weight is 2130 g/mol. The van der Waals surface area contributed by atoms with E-state index in [1.54, 1.807) is 34.6 Å². The Morgan fingerprint density at radius 1 is 0.262 bits per heavy atom. The highest BCUT2D eigenvalue weighted by molar-refractivity contribution is 6.04. The number of guanidine groups is 1. The van der Waals surface area contributed by atoms with Crippen molar-refractivity contribution in [3.8, 4) is 0 Å². The van der Waals surface area contributed by atoms with Crippen LogP contribution in [0.25, 0.3) is 0 Å². The lowest BCUT2D eigenvalue weighted by Crippen LogP contribution is -2.63. The summed E-state index contributed by atoms with van der Waals surface area (Å²) in [5.41, 5.74) is 39.1. The molecule has 25 atom stereocenters. The summed E-state index contributed by atoms with van der Waals surface area (Å²) >= 11 is 0. The number of nitrogens with two attached hydrogens (primary N) is 7. The molecule has 0 aromatic heterocycles. The molecule has 20 amide bonds. The predicted molar refractivity (Wildman–Crippen MR) is 522 cm³/mol. The molecule has 0 aliphatic carbocycles. The molecule has 0 spiro atoms. The standard InChI is InChI=1S/C89H154N26O34/c1-13-39(6)64(109-71(131)46(92)21-20-32-98-89(96)97)83(143)106-52(33-38(4)5)77(137)105-55(36-62(127)128)81(141)115-69(44(11)118)86(146)108-56(37-63(129)130)80(140)110-65(40(7)14-2)82(142)103-50(25-28-58(94)121)76(136)113-68(43(10)117)85(145)107-53(34-59(95)122)78(138)101-51(26-29-60(123)124)73(133)104-54(35-61(125)126)79(139)99-48(23-17-19-31-91)74(134)112-67(42(9)116)84(144)102-47(22-16-18-30-90)72(132)100-49(24-27-57(93)120)75(135)114-70(45(12)119)87(147)111-66(88(148)149)41(8)15-3/h38-56,64-70,116-119H,13-37,90-92H2,1-12H3,(H2,93,120)(H2,94,121)(H2,95,122)(H,99,139)(H,100,132)(H,101,138)(H,102,144)(H,103,142)(H,104,133)(H,105,137)(H,106,143)(H,107,145)(H,108,146)(H,109,131)(H,110,140)(H,111,147)(H,112,134)(H,113,136)(H,114,135)(H,115,141)(H,123,124)(H,125,126)(H,127,128)(H,129,130)(H,148,149)(H4,96,97,98)/t39-,40-,41-,42+,43+,44+,45+,46-,47-,48-,49-,50-,51-,52-,53-,54-,55-,56-,64-,65-,66-,67-,68-,69-,70-/m0/s1.